The molecule has 0 saturated heterocycles. The predicted molar refractivity (Wildman–Crippen MR) is 103 cm³/mol. The number of rotatable bonds is 7. The number of anilines is 1. The van der Waals surface area contributed by atoms with Crippen molar-refractivity contribution < 1.29 is 9.59 Å². The van der Waals surface area contributed by atoms with Crippen molar-refractivity contribution in [2.45, 2.75) is 46.1 Å². The molecule has 2 N–H and O–H groups in total. The molecule has 1 aromatic carbocycles. The third-order valence-corrected chi connectivity index (χ3v) is 4.09. The molecule has 0 radical (unpaired) electrons. The van der Waals surface area contributed by atoms with Gasteiger partial charge >= 0.3 is 0 Å². The summed E-state index contributed by atoms with van der Waals surface area (Å²) < 4.78 is 1.42. The highest BCUT2D eigenvalue weighted by molar-refractivity contribution is 5.94. The summed E-state index contributed by atoms with van der Waals surface area (Å²) in [4.78, 5) is 36.6. The fourth-order valence-electron chi connectivity index (χ4n) is 2.43. The van der Waals surface area contributed by atoms with Crippen LogP contribution < -0.4 is 16.2 Å². The average molecular weight is 355 g/mol. The Labute approximate surface area is 153 Å². The Bertz CT molecular complexity index is 825. The molecule has 2 aromatic rings. The number of nitrogens with zero attached hydrogens (tertiary/aromatic N) is 1. The molecule has 1 aromatic heterocycles. The molecular weight excluding hydrogens is 330 g/mol. The van der Waals surface area contributed by atoms with Crippen LogP contribution in [0, 0.1) is 0 Å². The third-order valence-electron chi connectivity index (χ3n) is 4.09. The van der Waals surface area contributed by atoms with Crippen molar-refractivity contribution in [2.24, 2.45) is 0 Å². The summed E-state index contributed by atoms with van der Waals surface area (Å²) in [6, 6.07) is 10.1. The number of hydrogen-bond acceptors (Lipinski definition) is 3. The molecule has 6 nitrogen and oxygen atoms in total. The highest BCUT2D eigenvalue weighted by Crippen LogP contribution is 2.13. The third kappa shape index (κ3) is 4.81. The zero-order valence-electron chi connectivity index (χ0n) is 15.4. The average Bonchev–Trinajstić information content (AvgIpc) is 2.62. The molecule has 1 heterocycles. The molecule has 0 aliphatic carbocycles. The van der Waals surface area contributed by atoms with E-state index in [0.717, 1.165) is 12.8 Å². The number of nitrogens with one attached hydrogen (secondary N) is 2. The highest BCUT2D eigenvalue weighted by Gasteiger charge is 2.14. The topological polar surface area (TPSA) is 80.2 Å². The Morgan fingerprint density at radius 3 is 2.42 bits per heavy atom. The monoisotopic (exact) mass is 355 g/mol. The van der Waals surface area contributed by atoms with Crippen LogP contribution in [-0.2, 0) is 4.79 Å². The van der Waals surface area contributed by atoms with E-state index in [1.54, 1.807) is 36.5 Å². The summed E-state index contributed by atoms with van der Waals surface area (Å²) in [6.45, 7) is 5.81. The van der Waals surface area contributed by atoms with E-state index in [1.807, 2.05) is 20.8 Å². The second kappa shape index (κ2) is 8.99. The Balaban J connectivity index is 2.24. The van der Waals surface area contributed by atoms with Crippen LogP contribution in [0.1, 0.15) is 50.4 Å². The normalized spacial score (nSPS) is 11.7. The van der Waals surface area contributed by atoms with Gasteiger partial charge in [0.15, 0.2) is 0 Å². The summed E-state index contributed by atoms with van der Waals surface area (Å²) in [6.07, 6.45) is 3.66. The van der Waals surface area contributed by atoms with Gasteiger partial charge in [-0.1, -0.05) is 13.8 Å². The van der Waals surface area contributed by atoms with Gasteiger partial charge in [0.25, 0.3) is 11.5 Å². The zero-order chi connectivity index (χ0) is 19.1. The molecule has 0 fully saturated rings. The van der Waals surface area contributed by atoms with E-state index in [-0.39, 0.29) is 29.0 Å². The van der Waals surface area contributed by atoms with Crippen LogP contribution in [0.2, 0.25) is 0 Å². The SMILES string of the molecule is CCCC(=O)Nc1ccc(-n2cccc(C(=O)NC(C)CC)c2=O)cc1. The minimum absolute atomic E-state index is 0.00146. The molecule has 26 heavy (non-hydrogen) atoms. The van der Waals surface area contributed by atoms with Gasteiger partial charge in [-0.25, -0.2) is 0 Å². The van der Waals surface area contributed by atoms with Crippen molar-refractivity contribution in [3.8, 4) is 5.69 Å². The van der Waals surface area contributed by atoms with Crippen LogP contribution in [0.5, 0.6) is 0 Å². The molecular formula is C20H25N3O3. The first-order valence-electron chi connectivity index (χ1n) is 8.89. The minimum Gasteiger partial charge on any atom is -0.349 e. The Morgan fingerprint density at radius 2 is 1.81 bits per heavy atom. The van der Waals surface area contributed by atoms with Crippen LogP contribution in [-0.4, -0.2) is 22.4 Å². The highest BCUT2D eigenvalue weighted by atomic mass is 16.2. The molecule has 2 amide bonds. The molecule has 0 aliphatic rings. The van der Waals surface area contributed by atoms with Gasteiger partial charge in [-0.2, -0.15) is 0 Å². The van der Waals surface area contributed by atoms with Crippen LogP contribution in [0.3, 0.4) is 0 Å². The smallest absolute Gasteiger partial charge is 0.267 e. The van der Waals surface area contributed by atoms with E-state index in [9.17, 15) is 14.4 Å². The van der Waals surface area contributed by atoms with Crippen molar-refractivity contribution in [1.82, 2.24) is 9.88 Å². The van der Waals surface area contributed by atoms with E-state index < -0.39 is 0 Å². The van der Waals surface area contributed by atoms with Gasteiger partial charge in [0.2, 0.25) is 5.91 Å². The summed E-state index contributed by atoms with van der Waals surface area (Å²) in [5, 5.41) is 5.61. The second-order valence-corrected chi connectivity index (χ2v) is 6.22. The number of pyridine rings is 1. The first-order chi connectivity index (χ1) is 12.5. The van der Waals surface area contributed by atoms with Crippen molar-refractivity contribution >= 4 is 17.5 Å². The minimum atomic E-state index is -0.379. The van der Waals surface area contributed by atoms with Crippen molar-refractivity contribution in [1.29, 1.82) is 0 Å². The summed E-state index contributed by atoms with van der Waals surface area (Å²) in [5.74, 6) is -0.414. The number of hydrogen-bond donors (Lipinski definition) is 2. The second-order valence-electron chi connectivity index (χ2n) is 6.22. The number of aromatic nitrogens is 1. The Hall–Kier alpha value is -2.89. The van der Waals surface area contributed by atoms with Crippen LogP contribution >= 0.6 is 0 Å². The molecule has 0 saturated carbocycles. The molecule has 0 bridgehead atoms. The summed E-state index contributed by atoms with van der Waals surface area (Å²) in [7, 11) is 0. The molecule has 0 aliphatic heterocycles. The predicted octanol–water partition coefficient (Wildman–Crippen LogP) is 3.10. The fourth-order valence-corrected chi connectivity index (χ4v) is 2.43. The van der Waals surface area contributed by atoms with Crippen molar-refractivity contribution in [2.75, 3.05) is 5.32 Å². The number of amides is 2. The first kappa shape index (κ1) is 19.4. The van der Waals surface area contributed by atoms with E-state index in [4.69, 9.17) is 0 Å². The molecule has 0 spiro atoms. The van der Waals surface area contributed by atoms with Gasteiger partial charge < -0.3 is 10.6 Å². The van der Waals surface area contributed by atoms with E-state index in [1.165, 1.54) is 10.6 Å². The quantitative estimate of drug-likeness (QED) is 0.801. The molecule has 1 atom stereocenters. The van der Waals surface area contributed by atoms with Gasteiger partial charge in [-0.15, -0.1) is 0 Å². The van der Waals surface area contributed by atoms with Crippen molar-refractivity contribution in [3.05, 3.63) is 58.5 Å². The molecule has 2 rings (SSSR count). The molecule has 1 unspecified atom stereocenters. The number of carbonyl (C=O) groups excluding carboxylic acids is 2. The van der Waals surface area contributed by atoms with Crippen LogP contribution in [0.25, 0.3) is 5.69 Å². The maximum atomic E-state index is 12.7. The van der Waals surface area contributed by atoms with Gasteiger partial charge in [-0.05, 0) is 56.2 Å². The van der Waals surface area contributed by atoms with Crippen LogP contribution in [0.15, 0.2) is 47.4 Å². The van der Waals surface area contributed by atoms with E-state index >= 15 is 0 Å². The van der Waals surface area contributed by atoms with Crippen molar-refractivity contribution in [3.63, 3.8) is 0 Å². The maximum Gasteiger partial charge on any atom is 0.267 e. The lowest BCUT2D eigenvalue weighted by molar-refractivity contribution is -0.116. The van der Waals surface area contributed by atoms with Gasteiger partial charge in [0.05, 0.1) is 0 Å². The van der Waals surface area contributed by atoms with Gasteiger partial charge in [0, 0.05) is 30.0 Å². The number of carbonyl (C=O) groups is 2. The molecule has 138 valence electrons. The lowest BCUT2D eigenvalue weighted by atomic mass is 10.2. The van der Waals surface area contributed by atoms with Gasteiger partial charge in [-0.3, -0.25) is 19.0 Å². The lowest BCUT2D eigenvalue weighted by Gasteiger charge is -2.13. The van der Waals surface area contributed by atoms with E-state index in [2.05, 4.69) is 10.6 Å². The van der Waals surface area contributed by atoms with Crippen LogP contribution in [0.4, 0.5) is 5.69 Å². The summed E-state index contributed by atoms with van der Waals surface area (Å²) >= 11 is 0. The summed E-state index contributed by atoms with van der Waals surface area (Å²) in [5.41, 5.74) is 1.02. The van der Waals surface area contributed by atoms with E-state index in [0.29, 0.717) is 17.8 Å². The Morgan fingerprint density at radius 1 is 1.12 bits per heavy atom. The Kier molecular flexibility index (Phi) is 6.72. The fraction of sp³-hybridized carbons (Fsp3) is 0.350. The zero-order valence-corrected chi connectivity index (χ0v) is 15.4. The lowest BCUT2D eigenvalue weighted by Crippen LogP contribution is -2.36. The molecule has 6 heteroatoms. The van der Waals surface area contributed by atoms with Gasteiger partial charge in [0.1, 0.15) is 5.56 Å². The standard InChI is InChI=1S/C20H25N3O3/c1-4-7-18(24)22-15-9-11-16(12-10-15)23-13-6-8-17(20(23)26)19(25)21-14(3)5-2/h6,8-14H,4-5,7H2,1-3H3,(H,21,25)(H,22,24). The largest absolute Gasteiger partial charge is 0.349 e. The first-order valence-corrected chi connectivity index (χ1v) is 8.89. The maximum absolute atomic E-state index is 12.7. The number of benzene rings is 1.